The van der Waals surface area contributed by atoms with Crippen LogP contribution < -0.4 is 5.73 Å². The minimum absolute atomic E-state index is 0.145. The quantitative estimate of drug-likeness (QED) is 0.472. The maximum absolute atomic E-state index is 15.1. The highest BCUT2D eigenvalue weighted by Crippen LogP contribution is 2.35. The Hall–Kier alpha value is -3.58. The molecule has 2 aromatic carbocycles. The van der Waals surface area contributed by atoms with Crippen molar-refractivity contribution in [1.29, 1.82) is 0 Å². The van der Waals surface area contributed by atoms with Gasteiger partial charge in [-0.15, -0.1) is 0 Å². The number of carbonyl (C=O) groups excluding carboxylic acids is 1. The number of fused-ring (bicyclic) bond motifs is 1. The molecule has 0 fully saturated rings. The Kier molecular flexibility index (Phi) is 5.52. The van der Waals surface area contributed by atoms with Crippen LogP contribution in [0.25, 0.3) is 11.1 Å². The molecule has 0 aliphatic carbocycles. The van der Waals surface area contributed by atoms with Crippen LogP contribution in [0.15, 0.2) is 53.7 Å². The number of rotatable bonds is 5. The first-order chi connectivity index (χ1) is 15.2. The average Bonchev–Trinajstić information content (AvgIpc) is 3.06. The Labute approximate surface area is 186 Å². The fraction of sp³-hybridized carbons (Fsp3) is 0.240. The minimum Gasteiger partial charge on any atom is -0.398 e. The van der Waals surface area contributed by atoms with Crippen molar-refractivity contribution >= 4 is 17.8 Å². The zero-order valence-corrected chi connectivity index (χ0v) is 18.3. The zero-order valence-electron chi connectivity index (χ0n) is 18.3. The van der Waals surface area contributed by atoms with E-state index in [-0.39, 0.29) is 12.5 Å². The third-order valence-electron chi connectivity index (χ3n) is 5.68. The number of pyridine rings is 1. The van der Waals surface area contributed by atoms with Gasteiger partial charge in [-0.3, -0.25) is 14.8 Å². The number of hydrogen-bond acceptors (Lipinski definition) is 5. The van der Waals surface area contributed by atoms with E-state index in [4.69, 9.17) is 5.73 Å². The van der Waals surface area contributed by atoms with Crippen LogP contribution >= 0.6 is 0 Å². The van der Waals surface area contributed by atoms with Crippen molar-refractivity contribution in [2.45, 2.75) is 32.5 Å². The number of amides is 1. The number of carbonyl (C=O) groups is 1. The molecule has 164 valence electrons. The molecular weight excluding hydrogens is 407 g/mol. The number of aliphatic imine (C=N–C) groups is 1. The standard InChI is InChI=1S/C25H25FN4O2/c1-25(2,32)20-9-8-17(19(12-28-3)23(20)27)15-6-7-16(21(26)11-15)13-30-14-22-18(24(30)31)5-4-10-29-22/h4-12,32H,13-14,27H2,1-3H3. The number of nitrogens with zero attached hydrogens (tertiary/aromatic N) is 3. The van der Waals surface area contributed by atoms with Gasteiger partial charge < -0.3 is 15.7 Å². The predicted molar refractivity (Wildman–Crippen MR) is 123 cm³/mol. The van der Waals surface area contributed by atoms with Gasteiger partial charge in [0.05, 0.1) is 23.4 Å². The summed E-state index contributed by atoms with van der Waals surface area (Å²) < 4.78 is 15.1. The van der Waals surface area contributed by atoms with E-state index in [2.05, 4.69) is 9.98 Å². The number of halogens is 1. The summed E-state index contributed by atoms with van der Waals surface area (Å²) in [6.45, 7) is 3.84. The smallest absolute Gasteiger partial charge is 0.256 e. The number of benzene rings is 2. The molecule has 0 bridgehead atoms. The van der Waals surface area contributed by atoms with E-state index < -0.39 is 11.4 Å². The molecule has 2 heterocycles. The number of aromatic nitrogens is 1. The number of nitrogens with two attached hydrogens (primary N) is 1. The number of nitrogen functional groups attached to an aromatic ring is 1. The minimum atomic E-state index is -1.12. The van der Waals surface area contributed by atoms with Crippen molar-refractivity contribution in [3.8, 4) is 11.1 Å². The Bertz CT molecular complexity index is 1230. The summed E-state index contributed by atoms with van der Waals surface area (Å²) in [6, 6.07) is 11.9. The molecule has 6 nitrogen and oxygen atoms in total. The summed E-state index contributed by atoms with van der Waals surface area (Å²) in [5.41, 5.74) is 9.84. The van der Waals surface area contributed by atoms with Crippen molar-refractivity contribution in [3.63, 3.8) is 0 Å². The number of hydrogen-bond donors (Lipinski definition) is 2. The lowest BCUT2D eigenvalue weighted by molar-refractivity contribution is 0.0763. The molecule has 7 heteroatoms. The molecule has 3 aromatic rings. The Morgan fingerprint density at radius 2 is 2.03 bits per heavy atom. The summed E-state index contributed by atoms with van der Waals surface area (Å²) in [5.74, 6) is -0.559. The highest BCUT2D eigenvalue weighted by Gasteiger charge is 2.29. The Balaban J connectivity index is 1.66. The molecule has 0 atom stereocenters. The van der Waals surface area contributed by atoms with Crippen LogP contribution in [0.2, 0.25) is 0 Å². The maximum Gasteiger partial charge on any atom is 0.256 e. The third-order valence-corrected chi connectivity index (χ3v) is 5.68. The molecule has 0 radical (unpaired) electrons. The van der Waals surface area contributed by atoms with Gasteiger partial charge in [-0.2, -0.15) is 0 Å². The molecule has 32 heavy (non-hydrogen) atoms. The predicted octanol–water partition coefficient (Wildman–Crippen LogP) is 3.90. The fourth-order valence-electron chi connectivity index (χ4n) is 4.05. The molecule has 0 spiro atoms. The van der Waals surface area contributed by atoms with Crippen LogP contribution in [0, 0.1) is 5.82 Å². The van der Waals surface area contributed by atoms with Crippen molar-refractivity contribution in [2.75, 3.05) is 12.8 Å². The van der Waals surface area contributed by atoms with Crippen LogP contribution in [-0.2, 0) is 18.7 Å². The molecule has 4 rings (SSSR count). The van der Waals surface area contributed by atoms with Crippen LogP contribution in [0.5, 0.6) is 0 Å². The topological polar surface area (TPSA) is 91.8 Å². The molecule has 3 N–H and O–H groups in total. The lowest BCUT2D eigenvalue weighted by Gasteiger charge is -2.23. The second kappa shape index (κ2) is 8.16. The zero-order chi connectivity index (χ0) is 23.0. The number of aliphatic hydroxyl groups is 1. The van der Waals surface area contributed by atoms with Gasteiger partial charge in [0.15, 0.2) is 0 Å². The molecule has 1 amide bonds. The molecule has 0 saturated carbocycles. The first-order valence-electron chi connectivity index (χ1n) is 10.3. The summed E-state index contributed by atoms with van der Waals surface area (Å²) in [4.78, 5) is 22.5. The molecule has 1 aliphatic rings. The summed E-state index contributed by atoms with van der Waals surface area (Å²) in [5, 5.41) is 10.4. The van der Waals surface area contributed by atoms with Gasteiger partial charge in [0.1, 0.15) is 5.82 Å². The summed E-state index contributed by atoms with van der Waals surface area (Å²) in [6.07, 6.45) is 3.26. The van der Waals surface area contributed by atoms with Gasteiger partial charge in [0, 0.05) is 48.4 Å². The highest BCUT2D eigenvalue weighted by atomic mass is 19.1. The van der Waals surface area contributed by atoms with Crippen LogP contribution in [0.3, 0.4) is 0 Å². The van der Waals surface area contributed by atoms with Crippen LogP contribution in [0.4, 0.5) is 10.1 Å². The molecule has 1 aromatic heterocycles. The second-order valence-electron chi connectivity index (χ2n) is 8.40. The van der Waals surface area contributed by atoms with Crippen molar-refractivity contribution in [1.82, 2.24) is 9.88 Å². The first kappa shape index (κ1) is 21.6. The molecule has 0 unspecified atom stereocenters. The van der Waals surface area contributed by atoms with Gasteiger partial charge in [-0.1, -0.05) is 24.3 Å². The van der Waals surface area contributed by atoms with Gasteiger partial charge in [0.25, 0.3) is 5.91 Å². The highest BCUT2D eigenvalue weighted by molar-refractivity contribution is 5.98. The maximum atomic E-state index is 15.1. The van der Waals surface area contributed by atoms with E-state index in [1.165, 1.54) is 6.07 Å². The SMILES string of the molecule is CN=Cc1c(-c2ccc(CN3Cc4ncccc4C3=O)c(F)c2)ccc(C(C)(C)O)c1N. The molecule has 1 aliphatic heterocycles. The average molecular weight is 432 g/mol. The van der Waals surface area contributed by atoms with Crippen LogP contribution in [-0.4, -0.2) is 34.2 Å². The lowest BCUT2D eigenvalue weighted by atomic mass is 9.89. The largest absolute Gasteiger partial charge is 0.398 e. The van der Waals surface area contributed by atoms with E-state index in [0.29, 0.717) is 51.3 Å². The van der Waals surface area contributed by atoms with Gasteiger partial charge in [0.2, 0.25) is 0 Å². The molecular formula is C25H25FN4O2. The first-order valence-corrected chi connectivity index (χ1v) is 10.3. The van der Waals surface area contributed by atoms with E-state index in [9.17, 15) is 9.90 Å². The fourth-order valence-corrected chi connectivity index (χ4v) is 4.05. The van der Waals surface area contributed by atoms with Crippen molar-refractivity contribution in [2.24, 2.45) is 4.99 Å². The van der Waals surface area contributed by atoms with E-state index in [1.54, 1.807) is 74.6 Å². The number of anilines is 1. The molecule has 0 saturated heterocycles. The van der Waals surface area contributed by atoms with Crippen molar-refractivity contribution < 1.29 is 14.3 Å². The second-order valence-corrected chi connectivity index (χ2v) is 8.40. The van der Waals surface area contributed by atoms with Crippen LogP contribution in [0.1, 0.15) is 46.6 Å². The van der Waals surface area contributed by atoms with E-state index >= 15 is 4.39 Å². The third kappa shape index (κ3) is 3.87. The van der Waals surface area contributed by atoms with Gasteiger partial charge in [-0.25, -0.2) is 4.39 Å². The monoisotopic (exact) mass is 432 g/mol. The van der Waals surface area contributed by atoms with Crippen molar-refractivity contribution in [3.05, 3.63) is 82.4 Å². The Morgan fingerprint density at radius 1 is 1.25 bits per heavy atom. The normalized spacial score (nSPS) is 13.8. The van der Waals surface area contributed by atoms with Gasteiger partial charge in [-0.05, 0) is 43.2 Å². The lowest BCUT2D eigenvalue weighted by Crippen LogP contribution is -2.23. The van der Waals surface area contributed by atoms with E-state index in [1.807, 2.05) is 0 Å². The summed E-state index contributed by atoms with van der Waals surface area (Å²) in [7, 11) is 1.63. The van der Waals surface area contributed by atoms with Gasteiger partial charge >= 0.3 is 0 Å². The summed E-state index contributed by atoms with van der Waals surface area (Å²) >= 11 is 0. The Morgan fingerprint density at radius 3 is 2.69 bits per heavy atom. The van der Waals surface area contributed by atoms with E-state index in [0.717, 1.165) is 0 Å².